The Morgan fingerprint density at radius 1 is 1.53 bits per heavy atom. The van der Waals surface area contributed by atoms with Gasteiger partial charge >= 0.3 is 0 Å². The monoisotopic (exact) mass is 303 g/mol. The number of methoxy groups -OCH3 is 1. The third-order valence-electron chi connectivity index (χ3n) is 2.42. The molecule has 3 nitrogen and oxygen atoms in total. The molecule has 5 heteroatoms. The second kappa shape index (κ2) is 6.71. The molecule has 0 aliphatic rings. The minimum absolute atomic E-state index is 0.0809. The molecule has 0 saturated carbocycles. The average molecular weight is 304 g/mol. The SMILES string of the molecule is CCN(CCOC)C(=O)c1cccc(Br)c1F. The fourth-order valence-corrected chi connectivity index (χ4v) is 1.81. The van der Waals surface area contributed by atoms with Crippen molar-refractivity contribution in [3.05, 3.63) is 34.1 Å². The number of nitrogens with zero attached hydrogens (tertiary/aromatic N) is 1. The topological polar surface area (TPSA) is 29.5 Å². The van der Waals surface area contributed by atoms with Crippen molar-refractivity contribution in [3.8, 4) is 0 Å². The molecule has 1 aromatic rings. The van der Waals surface area contributed by atoms with E-state index >= 15 is 0 Å². The largest absolute Gasteiger partial charge is 0.383 e. The number of hydrogen-bond acceptors (Lipinski definition) is 2. The van der Waals surface area contributed by atoms with Crippen molar-refractivity contribution in [3.63, 3.8) is 0 Å². The van der Waals surface area contributed by atoms with Crippen molar-refractivity contribution in [1.82, 2.24) is 4.90 Å². The molecule has 0 saturated heterocycles. The van der Waals surface area contributed by atoms with Gasteiger partial charge in [0.15, 0.2) is 0 Å². The maximum Gasteiger partial charge on any atom is 0.256 e. The zero-order chi connectivity index (χ0) is 12.8. The van der Waals surface area contributed by atoms with Crippen LogP contribution in [0.3, 0.4) is 0 Å². The Kier molecular flexibility index (Phi) is 5.58. The Morgan fingerprint density at radius 3 is 2.82 bits per heavy atom. The maximum atomic E-state index is 13.7. The van der Waals surface area contributed by atoms with Gasteiger partial charge in [0.05, 0.1) is 16.6 Å². The van der Waals surface area contributed by atoms with Gasteiger partial charge in [0.1, 0.15) is 5.82 Å². The number of likely N-dealkylation sites (N-methyl/N-ethyl adjacent to an activating group) is 1. The number of ether oxygens (including phenoxy) is 1. The van der Waals surface area contributed by atoms with Crippen LogP contribution in [0.5, 0.6) is 0 Å². The molecular formula is C12H15BrFNO2. The van der Waals surface area contributed by atoms with Crippen LogP contribution >= 0.6 is 15.9 Å². The van der Waals surface area contributed by atoms with Crippen LogP contribution in [-0.4, -0.2) is 37.6 Å². The lowest BCUT2D eigenvalue weighted by molar-refractivity contribution is 0.0701. The Balaban J connectivity index is 2.90. The van der Waals surface area contributed by atoms with Crippen LogP contribution in [0.15, 0.2) is 22.7 Å². The molecule has 17 heavy (non-hydrogen) atoms. The zero-order valence-corrected chi connectivity index (χ0v) is 11.5. The summed E-state index contributed by atoms with van der Waals surface area (Å²) in [6, 6.07) is 4.69. The van der Waals surface area contributed by atoms with Gasteiger partial charge in [-0.25, -0.2) is 4.39 Å². The van der Waals surface area contributed by atoms with Crippen molar-refractivity contribution in [2.24, 2.45) is 0 Å². The second-order valence-corrected chi connectivity index (χ2v) is 4.33. The summed E-state index contributed by atoms with van der Waals surface area (Å²) >= 11 is 3.07. The Labute approximate surface area is 109 Å². The molecule has 1 amide bonds. The van der Waals surface area contributed by atoms with Crippen molar-refractivity contribution < 1.29 is 13.9 Å². The quantitative estimate of drug-likeness (QED) is 0.837. The molecule has 0 spiro atoms. The number of carbonyl (C=O) groups excluding carboxylic acids is 1. The van der Waals surface area contributed by atoms with Gasteiger partial charge in [0.25, 0.3) is 5.91 Å². The van der Waals surface area contributed by atoms with E-state index in [9.17, 15) is 9.18 Å². The first-order valence-corrected chi connectivity index (χ1v) is 6.13. The number of amides is 1. The molecule has 94 valence electrons. The van der Waals surface area contributed by atoms with Gasteiger partial charge in [-0.05, 0) is 35.0 Å². The lowest BCUT2D eigenvalue weighted by Crippen LogP contribution is -2.34. The smallest absolute Gasteiger partial charge is 0.256 e. The predicted octanol–water partition coefficient (Wildman–Crippen LogP) is 2.70. The van der Waals surface area contributed by atoms with E-state index in [-0.39, 0.29) is 11.5 Å². The summed E-state index contributed by atoms with van der Waals surface area (Å²) in [6.45, 7) is 3.27. The van der Waals surface area contributed by atoms with Crippen LogP contribution < -0.4 is 0 Å². The first kappa shape index (κ1) is 14.1. The Morgan fingerprint density at radius 2 is 2.24 bits per heavy atom. The molecule has 0 bridgehead atoms. The van der Waals surface area contributed by atoms with Crippen molar-refractivity contribution in [2.45, 2.75) is 6.92 Å². The lowest BCUT2D eigenvalue weighted by atomic mass is 10.2. The number of benzene rings is 1. The molecule has 0 atom stereocenters. The number of rotatable bonds is 5. The van der Waals surface area contributed by atoms with Crippen LogP contribution in [0, 0.1) is 5.82 Å². The minimum atomic E-state index is -0.520. The molecule has 1 rings (SSSR count). The summed E-state index contributed by atoms with van der Waals surface area (Å²) in [6.07, 6.45) is 0. The van der Waals surface area contributed by atoms with Crippen LogP contribution in [0.1, 0.15) is 17.3 Å². The molecule has 0 radical (unpaired) electrons. The zero-order valence-electron chi connectivity index (χ0n) is 9.87. The highest BCUT2D eigenvalue weighted by Gasteiger charge is 2.18. The molecule has 0 fully saturated rings. The first-order chi connectivity index (χ1) is 8.11. The van der Waals surface area contributed by atoms with Crippen molar-refractivity contribution in [1.29, 1.82) is 0 Å². The summed E-state index contributed by atoms with van der Waals surface area (Å²) in [7, 11) is 1.57. The Bertz CT molecular complexity index is 398. The van der Waals surface area contributed by atoms with E-state index in [1.54, 1.807) is 24.1 Å². The normalized spacial score (nSPS) is 10.4. The minimum Gasteiger partial charge on any atom is -0.383 e. The van der Waals surface area contributed by atoms with E-state index in [1.807, 2.05) is 6.92 Å². The van der Waals surface area contributed by atoms with E-state index in [2.05, 4.69) is 15.9 Å². The molecule has 0 aliphatic heterocycles. The van der Waals surface area contributed by atoms with Crippen LogP contribution in [0.4, 0.5) is 4.39 Å². The molecule has 0 heterocycles. The van der Waals surface area contributed by atoms with E-state index in [0.29, 0.717) is 24.2 Å². The highest BCUT2D eigenvalue weighted by atomic mass is 79.9. The number of carbonyl (C=O) groups is 1. The fraction of sp³-hybridized carbons (Fsp3) is 0.417. The summed E-state index contributed by atoms with van der Waals surface area (Å²) in [5, 5.41) is 0. The van der Waals surface area contributed by atoms with E-state index < -0.39 is 5.82 Å². The molecule has 0 aromatic heterocycles. The highest BCUT2D eigenvalue weighted by molar-refractivity contribution is 9.10. The average Bonchev–Trinajstić information content (AvgIpc) is 2.33. The third kappa shape index (κ3) is 3.51. The van der Waals surface area contributed by atoms with E-state index in [0.717, 1.165) is 0 Å². The summed E-state index contributed by atoms with van der Waals surface area (Å²) in [5.74, 6) is -0.836. The molecule has 1 aromatic carbocycles. The lowest BCUT2D eigenvalue weighted by Gasteiger charge is -2.20. The summed E-state index contributed by atoms with van der Waals surface area (Å²) < 4.78 is 19.0. The number of hydrogen-bond donors (Lipinski definition) is 0. The van der Waals surface area contributed by atoms with Crippen LogP contribution in [0.2, 0.25) is 0 Å². The summed E-state index contributed by atoms with van der Waals surface area (Å²) in [4.78, 5) is 13.6. The van der Waals surface area contributed by atoms with Gasteiger partial charge in [-0.1, -0.05) is 6.07 Å². The fourth-order valence-electron chi connectivity index (χ4n) is 1.44. The highest BCUT2D eigenvalue weighted by Crippen LogP contribution is 2.19. The van der Waals surface area contributed by atoms with Gasteiger partial charge in [-0.15, -0.1) is 0 Å². The third-order valence-corrected chi connectivity index (χ3v) is 3.03. The van der Waals surface area contributed by atoms with Gasteiger partial charge in [0, 0.05) is 20.2 Å². The van der Waals surface area contributed by atoms with Crippen LogP contribution in [0.25, 0.3) is 0 Å². The van der Waals surface area contributed by atoms with Gasteiger partial charge in [0.2, 0.25) is 0 Å². The first-order valence-electron chi connectivity index (χ1n) is 5.34. The van der Waals surface area contributed by atoms with Crippen LogP contribution in [-0.2, 0) is 4.74 Å². The molecular weight excluding hydrogens is 289 g/mol. The Hall–Kier alpha value is -0.940. The molecule has 0 unspecified atom stereocenters. The van der Waals surface area contributed by atoms with E-state index in [4.69, 9.17) is 4.74 Å². The van der Waals surface area contributed by atoms with Gasteiger partial charge in [-0.2, -0.15) is 0 Å². The van der Waals surface area contributed by atoms with Gasteiger partial charge in [-0.3, -0.25) is 4.79 Å². The molecule has 0 N–H and O–H groups in total. The van der Waals surface area contributed by atoms with E-state index in [1.165, 1.54) is 6.07 Å². The predicted molar refractivity (Wildman–Crippen MR) is 67.6 cm³/mol. The standard InChI is InChI=1S/C12H15BrFNO2/c1-3-15(7-8-17-2)12(16)9-5-4-6-10(13)11(9)14/h4-6H,3,7-8H2,1-2H3. The van der Waals surface area contributed by atoms with Crippen molar-refractivity contribution in [2.75, 3.05) is 26.8 Å². The summed E-state index contributed by atoms with van der Waals surface area (Å²) in [5.41, 5.74) is 0.0809. The second-order valence-electron chi connectivity index (χ2n) is 3.48. The number of halogens is 2. The van der Waals surface area contributed by atoms with Crippen molar-refractivity contribution >= 4 is 21.8 Å². The van der Waals surface area contributed by atoms with Gasteiger partial charge < -0.3 is 9.64 Å². The maximum absolute atomic E-state index is 13.7. The molecule has 0 aliphatic carbocycles.